The number of nitrogens with zero attached hydrogens (tertiary/aromatic N) is 4. The Balaban J connectivity index is 0.738. The highest BCUT2D eigenvalue weighted by molar-refractivity contribution is 7.16. The molecule has 8 rings (SSSR count). The molecule has 2 unspecified atom stereocenters. The molecule has 0 radical (unpaired) electrons. The molecule has 2 bridgehead atoms. The molecule has 2 saturated heterocycles. The number of carbonyl (C=O) groups excluding carboxylic acids is 5. The number of aromatic nitrogens is 1. The monoisotopic (exact) mass is 909 g/mol. The molecule has 1 aliphatic carbocycles. The number of rotatable bonds is 18. The molecular weight excluding hydrogens is 857 g/mol. The van der Waals surface area contributed by atoms with Gasteiger partial charge in [0.1, 0.15) is 11.9 Å². The van der Waals surface area contributed by atoms with E-state index in [1.54, 1.807) is 46.2 Å². The summed E-state index contributed by atoms with van der Waals surface area (Å²) in [6.07, 6.45) is 5.41. The SMILES string of the molecule is Cc1ccc(NC(=O)C2(c3ccc4c(c3)OC(F)(F)O4)CC2)nc1-c1cccc(C(=O)NCCCCCNC(=O)CCc2ccc(N3CC4CCC(C3=O)N4C(=O)/C=C/CN(C)C)s2)c1. The minimum absolute atomic E-state index is 0.00793. The first-order valence-electron chi connectivity index (χ1n) is 22.1. The highest BCUT2D eigenvalue weighted by atomic mass is 32.1. The van der Waals surface area contributed by atoms with Gasteiger partial charge in [0.2, 0.25) is 23.6 Å². The van der Waals surface area contributed by atoms with E-state index < -0.39 is 17.8 Å². The van der Waals surface area contributed by atoms with E-state index in [1.165, 1.54) is 23.5 Å². The van der Waals surface area contributed by atoms with Gasteiger partial charge in [0, 0.05) is 54.7 Å². The number of benzene rings is 2. The number of anilines is 2. The number of alkyl halides is 2. The van der Waals surface area contributed by atoms with E-state index >= 15 is 0 Å². The molecule has 2 aromatic heterocycles. The molecule has 4 aliphatic rings. The number of amides is 5. The van der Waals surface area contributed by atoms with Gasteiger partial charge in [-0.1, -0.05) is 30.3 Å². The molecular formula is C48H53F2N7O7S. The fourth-order valence-electron chi connectivity index (χ4n) is 8.65. The fourth-order valence-corrected chi connectivity index (χ4v) is 9.67. The van der Waals surface area contributed by atoms with Crippen molar-refractivity contribution in [2.24, 2.45) is 0 Å². The number of likely N-dealkylation sites (N-methyl/N-ethyl adjacent to an activating group) is 1. The topological polar surface area (TPSA) is 163 Å². The average molecular weight is 910 g/mol. The van der Waals surface area contributed by atoms with Crippen LogP contribution in [-0.4, -0.2) is 103 Å². The molecule has 4 aromatic rings. The Morgan fingerprint density at radius 1 is 0.938 bits per heavy atom. The molecule has 342 valence electrons. The molecule has 65 heavy (non-hydrogen) atoms. The molecule has 2 aromatic carbocycles. The average Bonchev–Trinajstić information content (AvgIpc) is 3.67. The van der Waals surface area contributed by atoms with Crippen molar-refractivity contribution in [3.05, 3.63) is 100 Å². The van der Waals surface area contributed by atoms with Gasteiger partial charge in [0.15, 0.2) is 11.5 Å². The quantitative estimate of drug-likeness (QED) is 0.0740. The lowest BCUT2D eigenvalue weighted by molar-refractivity contribution is -0.286. The summed E-state index contributed by atoms with van der Waals surface area (Å²) in [4.78, 5) is 77.0. The van der Waals surface area contributed by atoms with Crippen molar-refractivity contribution >= 4 is 51.7 Å². The van der Waals surface area contributed by atoms with Crippen LogP contribution in [0.2, 0.25) is 0 Å². The Morgan fingerprint density at radius 3 is 2.51 bits per heavy atom. The smallest absolute Gasteiger partial charge is 0.395 e. The largest absolute Gasteiger partial charge is 0.586 e. The van der Waals surface area contributed by atoms with Crippen LogP contribution in [0, 0.1) is 6.92 Å². The van der Waals surface area contributed by atoms with E-state index in [-0.39, 0.29) is 47.1 Å². The van der Waals surface area contributed by atoms with Crippen LogP contribution in [-0.2, 0) is 31.0 Å². The lowest BCUT2D eigenvalue weighted by Gasteiger charge is -2.39. The zero-order chi connectivity index (χ0) is 45.9. The van der Waals surface area contributed by atoms with Crippen molar-refractivity contribution in [2.75, 3.05) is 50.5 Å². The third-order valence-corrected chi connectivity index (χ3v) is 13.4. The number of piperazine rings is 1. The van der Waals surface area contributed by atoms with Crippen LogP contribution in [0.1, 0.15) is 77.7 Å². The van der Waals surface area contributed by atoms with Gasteiger partial charge in [0.25, 0.3) is 5.91 Å². The maximum atomic E-state index is 13.6. The number of nitrogens with one attached hydrogen (secondary N) is 3. The number of unbranched alkanes of at least 4 members (excludes halogenated alkanes) is 2. The number of thiophene rings is 1. The minimum atomic E-state index is -3.75. The van der Waals surface area contributed by atoms with E-state index in [4.69, 9.17) is 4.98 Å². The van der Waals surface area contributed by atoms with Crippen molar-refractivity contribution in [2.45, 2.75) is 88.5 Å². The first-order chi connectivity index (χ1) is 31.2. The summed E-state index contributed by atoms with van der Waals surface area (Å²) in [5.74, 6) is -0.603. The Bertz CT molecular complexity index is 2510. The lowest BCUT2D eigenvalue weighted by Crippen LogP contribution is -2.58. The second-order valence-electron chi connectivity index (χ2n) is 17.3. The van der Waals surface area contributed by atoms with E-state index in [9.17, 15) is 32.8 Å². The molecule has 17 heteroatoms. The summed E-state index contributed by atoms with van der Waals surface area (Å²) in [7, 11) is 3.87. The molecule has 0 spiro atoms. The highest BCUT2D eigenvalue weighted by Crippen LogP contribution is 2.52. The fraction of sp³-hybridized carbons (Fsp3) is 0.417. The zero-order valence-corrected chi connectivity index (χ0v) is 37.5. The molecule has 1 saturated carbocycles. The number of ether oxygens (including phenoxy) is 2. The van der Waals surface area contributed by atoms with Crippen molar-refractivity contribution in [3.8, 4) is 22.8 Å². The zero-order valence-electron chi connectivity index (χ0n) is 36.7. The Hall–Kier alpha value is -6.20. The maximum absolute atomic E-state index is 13.6. The Kier molecular flexibility index (Phi) is 13.3. The van der Waals surface area contributed by atoms with Gasteiger partial charge in [-0.3, -0.25) is 28.9 Å². The second-order valence-corrected chi connectivity index (χ2v) is 18.5. The molecule has 3 fully saturated rings. The standard InChI is InChI=1S/C48H53F2N7O7S/c1-30-12-19-39(54-46(62)47(22-23-47)33-13-18-37-38(28-33)64-48(49,50)63-37)53-43(30)31-9-7-10-32(27-31)44(60)52-25-6-4-5-24-51-40(58)20-15-35-16-21-42(65-35)56-29-34-14-17-36(45(56)61)57(34)41(59)11-8-26-55(2)3/h7-13,16,18-19,21,27-28,34,36H,4-6,14-15,17,20,22-26,29H2,1-3H3,(H,51,58)(H,52,60)(H,53,54,62)/b11-8+. The van der Waals surface area contributed by atoms with Gasteiger partial charge in [-0.2, -0.15) is 0 Å². The normalized spacial score (nSPS) is 18.9. The van der Waals surface area contributed by atoms with Gasteiger partial charge in [-0.05, 0) is 126 Å². The molecule has 14 nitrogen and oxygen atoms in total. The number of pyridine rings is 1. The molecule has 3 N–H and O–H groups in total. The van der Waals surface area contributed by atoms with Gasteiger partial charge >= 0.3 is 6.29 Å². The Morgan fingerprint density at radius 2 is 1.72 bits per heavy atom. The predicted octanol–water partition coefficient (Wildman–Crippen LogP) is 6.58. The summed E-state index contributed by atoms with van der Waals surface area (Å²) in [5, 5.41) is 9.71. The van der Waals surface area contributed by atoms with Gasteiger partial charge in [-0.15, -0.1) is 20.1 Å². The highest BCUT2D eigenvalue weighted by Gasteiger charge is 2.53. The molecule has 5 amide bonds. The Labute approximate surface area is 380 Å². The van der Waals surface area contributed by atoms with Crippen LogP contribution in [0.5, 0.6) is 11.5 Å². The minimum Gasteiger partial charge on any atom is -0.395 e. The predicted molar refractivity (Wildman–Crippen MR) is 242 cm³/mol. The number of halogens is 2. The van der Waals surface area contributed by atoms with Crippen LogP contribution in [0.25, 0.3) is 11.3 Å². The van der Waals surface area contributed by atoms with E-state index in [1.807, 2.05) is 56.3 Å². The summed E-state index contributed by atoms with van der Waals surface area (Å²) in [6, 6.07) is 18.5. The van der Waals surface area contributed by atoms with Crippen molar-refractivity contribution in [3.63, 3.8) is 0 Å². The van der Waals surface area contributed by atoms with Crippen molar-refractivity contribution in [1.82, 2.24) is 25.4 Å². The first kappa shape index (κ1) is 45.4. The number of fused-ring (bicyclic) bond motifs is 3. The van der Waals surface area contributed by atoms with Gasteiger partial charge < -0.3 is 35.2 Å². The van der Waals surface area contributed by atoms with Crippen LogP contribution >= 0.6 is 11.3 Å². The summed E-state index contributed by atoms with van der Waals surface area (Å²) < 4.78 is 36.3. The number of aryl methyl sites for hydroxylation is 2. The van der Waals surface area contributed by atoms with Crippen LogP contribution in [0.15, 0.2) is 78.9 Å². The van der Waals surface area contributed by atoms with E-state index in [0.717, 1.165) is 41.1 Å². The molecule has 3 aliphatic heterocycles. The number of hydrogen-bond donors (Lipinski definition) is 3. The number of carbonyl (C=O) groups is 5. The van der Waals surface area contributed by atoms with E-state index in [0.29, 0.717) is 86.5 Å². The number of hydrogen-bond acceptors (Lipinski definition) is 10. The summed E-state index contributed by atoms with van der Waals surface area (Å²) in [5.41, 5.74) is 2.26. The summed E-state index contributed by atoms with van der Waals surface area (Å²) >= 11 is 1.52. The third kappa shape index (κ3) is 10.4. The van der Waals surface area contributed by atoms with E-state index in [2.05, 4.69) is 25.4 Å². The second kappa shape index (κ2) is 19.1. The first-order valence-corrected chi connectivity index (χ1v) is 22.9. The summed E-state index contributed by atoms with van der Waals surface area (Å²) in [6.45, 7) is 4.02. The van der Waals surface area contributed by atoms with Crippen LogP contribution in [0.3, 0.4) is 0 Å². The van der Waals surface area contributed by atoms with Crippen molar-refractivity contribution < 1.29 is 42.2 Å². The van der Waals surface area contributed by atoms with Crippen LogP contribution in [0.4, 0.5) is 19.6 Å². The van der Waals surface area contributed by atoms with Crippen molar-refractivity contribution in [1.29, 1.82) is 0 Å². The van der Waals surface area contributed by atoms with Gasteiger partial charge in [0.05, 0.1) is 22.2 Å². The van der Waals surface area contributed by atoms with Crippen LogP contribution < -0.4 is 30.3 Å². The van der Waals surface area contributed by atoms with Gasteiger partial charge in [-0.25, -0.2) is 4.98 Å². The molecule has 2 atom stereocenters. The maximum Gasteiger partial charge on any atom is 0.586 e. The third-order valence-electron chi connectivity index (χ3n) is 12.3. The molecule has 5 heterocycles. The lowest BCUT2D eigenvalue weighted by atomic mass is 9.94.